The van der Waals surface area contributed by atoms with Gasteiger partial charge in [0.1, 0.15) is 10.7 Å². The van der Waals surface area contributed by atoms with E-state index in [-0.39, 0.29) is 11.9 Å². The zero-order valence-electron chi connectivity index (χ0n) is 10.4. The lowest BCUT2D eigenvalue weighted by atomic mass is 10.3. The molecule has 1 atom stereocenters. The van der Waals surface area contributed by atoms with Gasteiger partial charge in [0.15, 0.2) is 5.82 Å². The fraction of sp³-hybridized carbons (Fsp3) is 0.417. The molecule has 1 aliphatic heterocycles. The van der Waals surface area contributed by atoms with Gasteiger partial charge in [-0.3, -0.25) is 4.79 Å². The SMILES string of the molecule is C[C@H](NC(=O)c1sccc1Br)c1nnc2n1CCC2. The van der Waals surface area contributed by atoms with Crippen molar-refractivity contribution in [2.24, 2.45) is 0 Å². The number of fused-ring (bicyclic) bond motifs is 1. The number of nitrogens with one attached hydrogen (secondary N) is 1. The second kappa shape index (κ2) is 5.05. The first kappa shape index (κ1) is 12.8. The standard InChI is InChI=1S/C12H13BrN4OS/c1-7(11-16-15-9-3-2-5-17(9)11)14-12(18)10-8(13)4-6-19-10/h4,6-7H,2-3,5H2,1H3,(H,14,18)/t7-/m0/s1. The third-order valence-electron chi connectivity index (χ3n) is 3.20. The van der Waals surface area contributed by atoms with Crippen molar-refractivity contribution in [1.82, 2.24) is 20.1 Å². The van der Waals surface area contributed by atoms with E-state index in [0.29, 0.717) is 4.88 Å². The van der Waals surface area contributed by atoms with Gasteiger partial charge in [-0.1, -0.05) is 0 Å². The quantitative estimate of drug-likeness (QED) is 0.933. The molecule has 0 fully saturated rings. The highest BCUT2D eigenvalue weighted by atomic mass is 79.9. The fourth-order valence-electron chi connectivity index (χ4n) is 2.28. The van der Waals surface area contributed by atoms with Gasteiger partial charge in [0.2, 0.25) is 0 Å². The number of aryl methyl sites for hydroxylation is 1. The minimum atomic E-state index is -0.138. The van der Waals surface area contributed by atoms with Crippen molar-refractivity contribution in [1.29, 1.82) is 0 Å². The lowest BCUT2D eigenvalue weighted by Crippen LogP contribution is -2.28. The molecule has 2 aromatic heterocycles. The fourth-order valence-corrected chi connectivity index (χ4v) is 3.73. The lowest BCUT2D eigenvalue weighted by molar-refractivity contribution is 0.0941. The number of aromatic nitrogens is 3. The van der Waals surface area contributed by atoms with Crippen LogP contribution in [0.3, 0.4) is 0 Å². The van der Waals surface area contributed by atoms with Crippen molar-refractivity contribution in [3.63, 3.8) is 0 Å². The zero-order valence-corrected chi connectivity index (χ0v) is 12.8. The molecule has 1 aliphatic rings. The molecule has 0 aromatic carbocycles. The summed E-state index contributed by atoms with van der Waals surface area (Å²) in [6, 6.07) is 1.74. The molecule has 0 saturated carbocycles. The number of carbonyl (C=O) groups is 1. The van der Waals surface area contributed by atoms with Crippen LogP contribution >= 0.6 is 27.3 Å². The Hall–Kier alpha value is -1.21. The van der Waals surface area contributed by atoms with Crippen LogP contribution in [0.1, 0.15) is 40.7 Å². The summed E-state index contributed by atoms with van der Waals surface area (Å²) in [7, 11) is 0. The molecule has 3 heterocycles. The molecule has 19 heavy (non-hydrogen) atoms. The van der Waals surface area contributed by atoms with E-state index < -0.39 is 0 Å². The summed E-state index contributed by atoms with van der Waals surface area (Å²) in [5.41, 5.74) is 0. The number of thiophene rings is 1. The van der Waals surface area contributed by atoms with E-state index in [0.717, 1.165) is 35.5 Å². The van der Waals surface area contributed by atoms with Gasteiger partial charge in [-0.05, 0) is 40.7 Å². The molecule has 0 spiro atoms. The summed E-state index contributed by atoms with van der Waals surface area (Å²) in [6.45, 7) is 2.88. The van der Waals surface area contributed by atoms with E-state index in [1.807, 2.05) is 18.4 Å². The molecule has 0 unspecified atom stereocenters. The molecule has 0 bridgehead atoms. The highest BCUT2D eigenvalue weighted by Gasteiger charge is 2.23. The van der Waals surface area contributed by atoms with Crippen LogP contribution in [0.15, 0.2) is 15.9 Å². The highest BCUT2D eigenvalue weighted by molar-refractivity contribution is 9.10. The summed E-state index contributed by atoms with van der Waals surface area (Å²) in [4.78, 5) is 12.8. The van der Waals surface area contributed by atoms with Gasteiger partial charge in [-0.2, -0.15) is 0 Å². The third-order valence-corrected chi connectivity index (χ3v) is 5.03. The Morgan fingerprint density at radius 2 is 2.42 bits per heavy atom. The van der Waals surface area contributed by atoms with Gasteiger partial charge in [0.25, 0.3) is 5.91 Å². The molecule has 0 radical (unpaired) electrons. The number of hydrogen-bond donors (Lipinski definition) is 1. The van der Waals surface area contributed by atoms with Gasteiger partial charge in [0, 0.05) is 17.4 Å². The summed E-state index contributed by atoms with van der Waals surface area (Å²) in [5.74, 6) is 1.78. The monoisotopic (exact) mass is 340 g/mol. The van der Waals surface area contributed by atoms with Gasteiger partial charge in [-0.15, -0.1) is 21.5 Å². The maximum absolute atomic E-state index is 12.1. The molecular weight excluding hydrogens is 328 g/mol. The first-order valence-corrected chi connectivity index (χ1v) is 7.80. The molecule has 1 amide bonds. The van der Waals surface area contributed by atoms with Crippen molar-refractivity contribution in [2.75, 3.05) is 0 Å². The van der Waals surface area contributed by atoms with Gasteiger partial charge < -0.3 is 9.88 Å². The highest BCUT2D eigenvalue weighted by Crippen LogP contribution is 2.24. The molecular formula is C12H13BrN4OS. The minimum Gasteiger partial charge on any atom is -0.342 e. The molecule has 3 rings (SSSR count). The maximum atomic E-state index is 12.1. The number of nitrogens with zero attached hydrogens (tertiary/aromatic N) is 3. The van der Waals surface area contributed by atoms with Crippen molar-refractivity contribution >= 4 is 33.2 Å². The summed E-state index contributed by atoms with van der Waals surface area (Å²) in [5, 5.41) is 13.2. The molecule has 0 saturated heterocycles. The number of halogens is 1. The summed E-state index contributed by atoms with van der Waals surface area (Å²) >= 11 is 4.79. The number of amides is 1. The van der Waals surface area contributed by atoms with E-state index in [1.165, 1.54) is 11.3 Å². The molecule has 2 aromatic rings. The van der Waals surface area contributed by atoms with E-state index in [2.05, 4.69) is 36.0 Å². The molecule has 1 N–H and O–H groups in total. The van der Waals surface area contributed by atoms with Gasteiger partial charge in [-0.25, -0.2) is 0 Å². The van der Waals surface area contributed by atoms with Crippen LogP contribution < -0.4 is 5.32 Å². The summed E-state index contributed by atoms with van der Waals surface area (Å²) < 4.78 is 2.93. The Morgan fingerprint density at radius 1 is 1.58 bits per heavy atom. The second-order valence-corrected chi connectivity index (χ2v) is 6.29. The van der Waals surface area contributed by atoms with E-state index in [9.17, 15) is 4.79 Å². The van der Waals surface area contributed by atoms with Crippen molar-refractivity contribution in [3.8, 4) is 0 Å². The Balaban J connectivity index is 1.76. The van der Waals surface area contributed by atoms with Crippen LogP contribution in [0, 0.1) is 0 Å². The van der Waals surface area contributed by atoms with Crippen molar-refractivity contribution in [3.05, 3.63) is 32.4 Å². The molecule has 100 valence electrons. The number of carbonyl (C=O) groups excluding carboxylic acids is 1. The predicted molar refractivity (Wildman–Crippen MR) is 76.2 cm³/mol. The van der Waals surface area contributed by atoms with Gasteiger partial charge >= 0.3 is 0 Å². The lowest BCUT2D eigenvalue weighted by Gasteiger charge is -2.13. The van der Waals surface area contributed by atoms with E-state index >= 15 is 0 Å². The second-order valence-electron chi connectivity index (χ2n) is 4.52. The largest absolute Gasteiger partial charge is 0.342 e. The normalized spacial score (nSPS) is 15.3. The maximum Gasteiger partial charge on any atom is 0.263 e. The van der Waals surface area contributed by atoms with Crippen LogP contribution in [0.2, 0.25) is 0 Å². The smallest absolute Gasteiger partial charge is 0.263 e. The first-order valence-electron chi connectivity index (χ1n) is 6.12. The van der Waals surface area contributed by atoms with Crippen LogP contribution in [-0.2, 0) is 13.0 Å². The van der Waals surface area contributed by atoms with Gasteiger partial charge in [0.05, 0.1) is 6.04 Å². The Kier molecular flexibility index (Phi) is 3.40. The zero-order chi connectivity index (χ0) is 13.4. The topological polar surface area (TPSA) is 59.8 Å². The van der Waals surface area contributed by atoms with E-state index in [4.69, 9.17) is 0 Å². The number of hydrogen-bond acceptors (Lipinski definition) is 4. The Morgan fingerprint density at radius 3 is 3.16 bits per heavy atom. The Bertz CT molecular complexity index is 621. The Labute approximate surface area is 123 Å². The third kappa shape index (κ3) is 2.32. The van der Waals surface area contributed by atoms with Crippen molar-refractivity contribution < 1.29 is 4.79 Å². The molecule has 0 aliphatic carbocycles. The predicted octanol–water partition coefficient (Wildman–Crippen LogP) is 2.54. The van der Waals surface area contributed by atoms with E-state index in [1.54, 1.807) is 0 Å². The van der Waals surface area contributed by atoms with Crippen LogP contribution in [0.5, 0.6) is 0 Å². The van der Waals surface area contributed by atoms with Crippen LogP contribution in [0.25, 0.3) is 0 Å². The van der Waals surface area contributed by atoms with Crippen LogP contribution in [0.4, 0.5) is 0 Å². The van der Waals surface area contributed by atoms with Crippen molar-refractivity contribution in [2.45, 2.75) is 32.4 Å². The molecule has 7 heteroatoms. The van der Waals surface area contributed by atoms with Crippen LogP contribution in [-0.4, -0.2) is 20.7 Å². The average molecular weight is 341 g/mol. The first-order chi connectivity index (χ1) is 9.16. The molecule has 5 nitrogen and oxygen atoms in total. The minimum absolute atomic E-state index is 0.0790. The number of rotatable bonds is 3. The summed E-state index contributed by atoms with van der Waals surface area (Å²) in [6.07, 6.45) is 2.08. The average Bonchev–Trinajstić information content (AvgIpc) is 3.02.